The van der Waals surface area contributed by atoms with Gasteiger partial charge < -0.3 is 24.8 Å². The van der Waals surface area contributed by atoms with Crippen LogP contribution in [-0.2, 0) is 16.0 Å². The Balaban J connectivity index is 1.23. The van der Waals surface area contributed by atoms with Crippen LogP contribution in [0, 0.1) is 11.8 Å². The summed E-state index contributed by atoms with van der Waals surface area (Å²) in [5, 5.41) is 2.70. The number of carbonyl (C=O) groups is 2. The smallest absolute Gasteiger partial charge is 0.410 e. The van der Waals surface area contributed by atoms with Gasteiger partial charge in [-0.05, 0) is 90.3 Å². The second-order valence-electron chi connectivity index (χ2n) is 12.6. The van der Waals surface area contributed by atoms with Gasteiger partial charge in [0.25, 0.3) is 0 Å². The molecule has 2 aromatic heterocycles. The van der Waals surface area contributed by atoms with Gasteiger partial charge in [-0.3, -0.25) is 4.90 Å². The molecule has 1 atom stereocenters. The van der Waals surface area contributed by atoms with Crippen molar-refractivity contribution in [3.05, 3.63) is 71.4 Å². The SMILES string of the molecule is CC(C)(C)OC(=O)NCc1ncc(-c2ccc(C#Cc3ccc4nc([C@@H]5CCCN5C(=O)OC(C)(C)C)[nH]c4c3)cc2)[nH]1. The average Bonchev–Trinajstić information content (AvgIpc) is 3.68. The summed E-state index contributed by atoms with van der Waals surface area (Å²) in [5.74, 6) is 7.86. The summed E-state index contributed by atoms with van der Waals surface area (Å²) < 4.78 is 10.9. The van der Waals surface area contributed by atoms with Gasteiger partial charge in [0.05, 0.1) is 35.5 Å². The fourth-order valence-electron chi connectivity index (χ4n) is 4.80. The summed E-state index contributed by atoms with van der Waals surface area (Å²) >= 11 is 0. The number of alkyl carbamates (subject to hydrolysis) is 1. The molecule has 0 unspecified atom stereocenters. The fourth-order valence-corrected chi connectivity index (χ4v) is 4.80. The van der Waals surface area contributed by atoms with E-state index in [1.807, 2.05) is 84.0 Å². The standard InChI is InChI=1S/C33H38N6O4/c1-32(2,3)42-30(40)35-20-28-34-19-26(36-28)23-14-11-21(12-15-23)9-10-22-13-16-24-25(18-22)38-29(37-24)27-8-7-17-39(27)31(41)43-33(4,5)6/h11-16,18-19,27H,7-8,17,20H2,1-6H3,(H,34,36)(H,35,40)(H,37,38)/t27-/m0/s1. The molecule has 0 saturated carbocycles. The van der Waals surface area contributed by atoms with E-state index < -0.39 is 17.3 Å². The molecule has 0 spiro atoms. The summed E-state index contributed by atoms with van der Waals surface area (Å²) in [6.45, 7) is 12.0. The molecule has 1 aliphatic rings. The Kier molecular flexibility index (Phi) is 8.18. The van der Waals surface area contributed by atoms with E-state index in [4.69, 9.17) is 14.5 Å². The second-order valence-corrected chi connectivity index (χ2v) is 12.6. The zero-order valence-corrected chi connectivity index (χ0v) is 25.5. The third-order valence-corrected chi connectivity index (χ3v) is 6.67. The maximum Gasteiger partial charge on any atom is 0.410 e. The molecule has 2 aromatic carbocycles. The molecule has 3 N–H and O–H groups in total. The monoisotopic (exact) mass is 582 g/mol. The molecule has 4 aromatic rings. The highest BCUT2D eigenvalue weighted by Crippen LogP contribution is 2.33. The van der Waals surface area contributed by atoms with E-state index in [0.717, 1.165) is 52.1 Å². The van der Waals surface area contributed by atoms with Crippen LogP contribution in [0.3, 0.4) is 0 Å². The van der Waals surface area contributed by atoms with Crippen LogP contribution in [0.2, 0.25) is 0 Å². The molecule has 0 radical (unpaired) electrons. The normalized spacial score (nSPS) is 15.2. The molecule has 1 fully saturated rings. The number of aromatic nitrogens is 4. The Morgan fingerprint density at radius 2 is 1.67 bits per heavy atom. The Morgan fingerprint density at radius 1 is 0.977 bits per heavy atom. The Labute approximate surface area is 251 Å². The van der Waals surface area contributed by atoms with Crippen LogP contribution in [-0.4, -0.2) is 54.8 Å². The highest BCUT2D eigenvalue weighted by atomic mass is 16.6. The first-order valence-corrected chi connectivity index (χ1v) is 14.5. The number of amides is 2. The molecule has 43 heavy (non-hydrogen) atoms. The predicted molar refractivity (Wildman–Crippen MR) is 164 cm³/mol. The van der Waals surface area contributed by atoms with Crippen molar-refractivity contribution in [2.75, 3.05) is 6.54 Å². The number of hydrogen-bond acceptors (Lipinski definition) is 6. The van der Waals surface area contributed by atoms with Gasteiger partial charge in [-0.25, -0.2) is 19.6 Å². The summed E-state index contributed by atoms with van der Waals surface area (Å²) in [5.41, 5.74) is 4.15. The van der Waals surface area contributed by atoms with Crippen molar-refractivity contribution in [3.63, 3.8) is 0 Å². The van der Waals surface area contributed by atoms with Gasteiger partial charge >= 0.3 is 12.2 Å². The number of hydrogen-bond donors (Lipinski definition) is 3. The number of benzene rings is 2. The maximum atomic E-state index is 12.7. The van der Waals surface area contributed by atoms with Crippen molar-refractivity contribution in [1.29, 1.82) is 0 Å². The number of imidazole rings is 2. The predicted octanol–water partition coefficient (Wildman–Crippen LogP) is 6.45. The van der Waals surface area contributed by atoms with Crippen molar-refractivity contribution in [2.24, 2.45) is 0 Å². The molecule has 2 amide bonds. The molecular formula is C33H38N6O4. The number of H-pyrrole nitrogens is 2. The first-order chi connectivity index (χ1) is 20.3. The van der Waals surface area contributed by atoms with Gasteiger partial charge in [-0.1, -0.05) is 24.0 Å². The number of nitrogens with one attached hydrogen (secondary N) is 3. The number of carbonyl (C=O) groups excluding carboxylic acids is 2. The highest BCUT2D eigenvalue weighted by molar-refractivity contribution is 5.77. The second kappa shape index (κ2) is 11.8. The van der Waals surface area contributed by atoms with Crippen LogP contribution in [0.1, 0.15) is 83.2 Å². The van der Waals surface area contributed by atoms with Crippen molar-refractivity contribution in [2.45, 2.75) is 78.2 Å². The van der Waals surface area contributed by atoms with Gasteiger partial charge in [0.2, 0.25) is 0 Å². The third-order valence-electron chi connectivity index (χ3n) is 6.67. The Bertz CT molecular complexity index is 1680. The Hall–Kier alpha value is -4.78. The molecule has 1 saturated heterocycles. The first-order valence-electron chi connectivity index (χ1n) is 14.5. The molecule has 5 rings (SSSR count). The highest BCUT2D eigenvalue weighted by Gasteiger charge is 2.35. The molecule has 3 heterocycles. The van der Waals surface area contributed by atoms with E-state index in [1.54, 1.807) is 11.1 Å². The molecule has 10 nitrogen and oxygen atoms in total. The van der Waals surface area contributed by atoms with E-state index in [2.05, 4.69) is 32.1 Å². The number of ether oxygens (including phenoxy) is 2. The molecule has 0 bridgehead atoms. The number of fused-ring (bicyclic) bond motifs is 1. The minimum atomic E-state index is -0.555. The van der Waals surface area contributed by atoms with Crippen molar-refractivity contribution in [3.8, 4) is 23.1 Å². The lowest BCUT2D eigenvalue weighted by Gasteiger charge is -2.27. The van der Waals surface area contributed by atoms with E-state index in [0.29, 0.717) is 12.4 Å². The van der Waals surface area contributed by atoms with Crippen LogP contribution in [0.25, 0.3) is 22.3 Å². The zero-order valence-electron chi connectivity index (χ0n) is 25.5. The van der Waals surface area contributed by atoms with E-state index >= 15 is 0 Å². The van der Waals surface area contributed by atoms with Crippen LogP contribution >= 0.6 is 0 Å². The van der Waals surface area contributed by atoms with Crippen LogP contribution in [0.15, 0.2) is 48.7 Å². The number of nitrogens with zero attached hydrogens (tertiary/aromatic N) is 3. The Morgan fingerprint density at radius 3 is 2.40 bits per heavy atom. The summed E-state index contributed by atoms with van der Waals surface area (Å²) in [7, 11) is 0. The number of rotatable bonds is 4. The van der Waals surface area contributed by atoms with E-state index in [9.17, 15) is 9.59 Å². The maximum absolute atomic E-state index is 12.7. The lowest BCUT2D eigenvalue weighted by Crippen LogP contribution is -2.36. The molecular weight excluding hydrogens is 544 g/mol. The van der Waals surface area contributed by atoms with Crippen LogP contribution in [0.4, 0.5) is 9.59 Å². The number of likely N-dealkylation sites (tertiary alicyclic amines) is 1. The minimum absolute atomic E-state index is 0.137. The minimum Gasteiger partial charge on any atom is -0.444 e. The summed E-state index contributed by atoms with van der Waals surface area (Å²) in [4.78, 5) is 42.2. The molecule has 224 valence electrons. The van der Waals surface area contributed by atoms with E-state index in [-0.39, 0.29) is 18.7 Å². The van der Waals surface area contributed by atoms with Crippen LogP contribution in [0.5, 0.6) is 0 Å². The van der Waals surface area contributed by atoms with Crippen molar-refractivity contribution >= 4 is 23.2 Å². The number of aromatic amines is 2. The molecule has 1 aliphatic heterocycles. The fraction of sp³-hybridized carbons (Fsp3) is 0.394. The topological polar surface area (TPSA) is 125 Å². The van der Waals surface area contributed by atoms with Crippen molar-refractivity contribution in [1.82, 2.24) is 30.2 Å². The van der Waals surface area contributed by atoms with Crippen molar-refractivity contribution < 1.29 is 19.1 Å². The first kappa shape index (κ1) is 29.7. The van der Waals surface area contributed by atoms with Gasteiger partial charge in [-0.2, -0.15) is 0 Å². The van der Waals surface area contributed by atoms with Gasteiger partial charge in [0, 0.05) is 17.7 Å². The molecule has 10 heteroatoms. The van der Waals surface area contributed by atoms with Gasteiger partial charge in [0.15, 0.2) is 0 Å². The lowest BCUT2D eigenvalue weighted by molar-refractivity contribution is 0.0218. The molecule has 0 aliphatic carbocycles. The largest absolute Gasteiger partial charge is 0.444 e. The lowest BCUT2D eigenvalue weighted by atomic mass is 10.1. The third kappa shape index (κ3) is 7.74. The summed E-state index contributed by atoms with van der Waals surface area (Å²) in [6, 6.07) is 13.6. The van der Waals surface area contributed by atoms with E-state index in [1.165, 1.54) is 0 Å². The quantitative estimate of drug-likeness (QED) is 0.238. The zero-order chi connectivity index (χ0) is 30.8. The average molecular weight is 583 g/mol. The van der Waals surface area contributed by atoms with Gasteiger partial charge in [0.1, 0.15) is 22.9 Å². The summed E-state index contributed by atoms with van der Waals surface area (Å²) in [6.07, 6.45) is 2.68. The van der Waals surface area contributed by atoms with Crippen LogP contribution < -0.4 is 5.32 Å². The van der Waals surface area contributed by atoms with Gasteiger partial charge in [-0.15, -0.1) is 0 Å².